The second-order valence-corrected chi connectivity index (χ2v) is 9.04. The maximum Gasteiger partial charge on any atom is 0.240 e. The van der Waals surface area contributed by atoms with Crippen LogP contribution in [0.4, 0.5) is 5.69 Å². The van der Waals surface area contributed by atoms with Crippen molar-refractivity contribution in [2.45, 2.75) is 29.6 Å². The molecule has 1 heterocycles. The number of hydrogen-bond donors (Lipinski definition) is 1. The summed E-state index contributed by atoms with van der Waals surface area (Å²) in [5.41, 5.74) is 1.87. The van der Waals surface area contributed by atoms with Gasteiger partial charge in [0.05, 0.1) is 10.6 Å². The average molecular weight is 391 g/mol. The summed E-state index contributed by atoms with van der Waals surface area (Å²) in [6.45, 7) is 2.48. The third-order valence-corrected chi connectivity index (χ3v) is 6.76. The molecule has 7 heteroatoms. The quantitative estimate of drug-likeness (QED) is 0.770. The van der Waals surface area contributed by atoms with Crippen LogP contribution in [0.2, 0.25) is 0 Å². The van der Waals surface area contributed by atoms with Gasteiger partial charge in [-0.2, -0.15) is 0 Å². The normalized spacial score (nSPS) is 14.1. The number of thioether (sulfide) groups is 1. The lowest BCUT2D eigenvalue weighted by Crippen LogP contribution is -2.34. The van der Waals surface area contributed by atoms with Gasteiger partial charge < -0.3 is 4.90 Å². The minimum absolute atomic E-state index is 0.0723. The molecular formula is C19H22N2O3S2. The van der Waals surface area contributed by atoms with Crippen LogP contribution < -0.4 is 9.62 Å². The number of sulfonamides is 1. The van der Waals surface area contributed by atoms with Crippen molar-refractivity contribution in [3.8, 4) is 0 Å². The standard InChI is InChI=1S/C19H22N2O3S2/c1-15(22)21-12-13-25-19-10-9-17(14-18(19)21)26(23,24)20-11-5-8-16-6-3-2-4-7-16/h2-4,6-7,9-10,14,20H,5,8,11-13H2,1H3. The van der Waals surface area contributed by atoms with E-state index in [-0.39, 0.29) is 10.8 Å². The minimum Gasteiger partial charge on any atom is -0.311 e. The molecule has 0 atom stereocenters. The van der Waals surface area contributed by atoms with E-state index in [0.29, 0.717) is 18.8 Å². The molecule has 2 aromatic rings. The van der Waals surface area contributed by atoms with E-state index in [4.69, 9.17) is 0 Å². The van der Waals surface area contributed by atoms with Gasteiger partial charge in [0.2, 0.25) is 15.9 Å². The first-order valence-electron chi connectivity index (χ1n) is 8.56. The number of carbonyl (C=O) groups excluding carboxylic acids is 1. The third kappa shape index (κ3) is 4.47. The second kappa shape index (κ2) is 8.24. The molecule has 1 aliphatic rings. The molecule has 3 rings (SSSR count). The molecule has 1 aliphatic heterocycles. The first-order chi connectivity index (χ1) is 12.5. The third-order valence-electron chi connectivity index (χ3n) is 4.26. The summed E-state index contributed by atoms with van der Waals surface area (Å²) >= 11 is 1.64. The summed E-state index contributed by atoms with van der Waals surface area (Å²) in [4.78, 5) is 14.6. The highest BCUT2D eigenvalue weighted by Crippen LogP contribution is 2.36. The molecule has 138 valence electrons. The highest BCUT2D eigenvalue weighted by Gasteiger charge is 2.23. The number of carbonyl (C=O) groups is 1. The van der Waals surface area contributed by atoms with Crippen molar-refractivity contribution < 1.29 is 13.2 Å². The Morgan fingerprint density at radius 1 is 1.19 bits per heavy atom. The molecule has 26 heavy (non-hydrogen) atoms. The topological polar surface area (TPSA) is 66.5 Å². The number of nitrogens with one attached hydrogen (secondary N) is 1. The van der Waals surface area contributed by atoms with Crippen molar-refractivity contribution in [2.24, 2.45) is 0 Å². The van der Waals surface area contributed by atoms with E-state index in [1.165, 1.54) is 12.5 Å². The van der Waals surface area contributed by atoms with Crippen molar-refractivity contribution in [2.75, 3.05) is 23.7 Å². The van der Waals surface area contributed by atoms with Crippen molar-refractivity contribution in [3.05, 3.63) is 54.1 Å². The number of benzene rings is 2. The van der Waals surface area contributed by atoms with Crippen LogP contribution in [-0.4, -0.2) is 33.2 Å². The number of nitrogens with zero attached hydrogens (tertiary/aromatic N) is 1. The Kier molecular flexibility index (Phi) is 6.01. The van der Waals surface area contributed by atoms with Gasteiger partial charge in [-0.05, 0) is 36.6 Å². The first-order valence-corrected chi connectivity index (χ1v) is 11.0. The zero-order valence-corrected chi connectivity index (χ0v) is 16.3. The average Bonchev–Trinajstić information content (AvgIpc) is 2.65. The molecular weight excluding hydrogens is 368 g/mol. The molecule has 0 fully saturated rings. The molecule has 0 unspecified atom stereocenters. The Morgan fingerprint density at radius 3 is 2.69 bits per heavy atom. The summed E-state index contributed by atoms with van der Waals surface area (Å²) in [5, 5.41) is 0. The van der Waals surface area contributed by atoms with Crippen LogP contribution in [0.3, 0.4) is 0 Å². The zero-order valence-electron chi connectivity index (χ0n) is 14.6. The lowest BCUT2D eigenvalue weighted by atomic mass is 10.1. The van der Waals surface area contributed by atoms with Gasteiger partial charge in [-0.25, -0.2) is 13.1 Å². The van der Waals surface area contributed by atoms with E-state index in [2.05, 4.69) is 4.72 Å². The fourth-order valence-electron chi connectivity index (χ4n) is 2.92. The molecule has 0 saturated carbocycles. The van der Waals surface area contributed by atoms with Crippen LogP contribution in [0.1, 0.15) is 18.9 Å². The summed E-state index contributed by atoms with van der Waals surface area (Å²) in [6, 6.07) is 15.0. The van der Waals surface area contributed by atoms with Gasteiger partial charge >= 0.3 is 0 Å². The Bertz CT molecular complexity index is 883. The number of anilines is 1. The van der Waals surface area contributed by atoms with Gasteiger partial charge in [0.15, 0.2) is 0 Å². The van der Waals surface area contributed by atoms with Crippen LogP contribution in [0.15, 0.2) is 58.3 Å². The predicted molar refractivity (Wildman–Crippen MR) is 105 cm³/mol. The van der Waals surface area contributed by atoms with Crippen molar-refractivity contribution >= 4 is 33.4 Å². The van der Waals surface area contributed by atoms with Crippen LogP contribution in [-0.2, 0) is 21.2 Å². The Morgan fingerprint density at radius 2 is 1.96 bits per heavy atom. The first kappa shape index (κ1) is 18.9. The number of hydrogen-bond acceptors (Lipinski definition) is 4. The minimum atomic E-state index is -3.59. The van der Waals surface area contributed by atoms with E-state index in [0.717, 1.165) is 23.5 Å². The summed E-state index contributed by atoms with van der Waals surface area (Å²) in [5.74, 6) is 0.744. The number of fused-ring (bicyclic) bond motifs is 1. The van der Waals surface area contributed by atoms with Gasteiger partial charge in [-0.1, -0.05) is 30.3 Å². The molecule has 1 N–H and O–H groups in total. The Hall–Kier alpha value is -1.83. The number of rotatable bonds is 6. The predicted octanol–water partition coefficient (Wildman–Crippen LogP) is 3.06. The van der Waals surface area contributed by atoms with E-state index in [9.17, 15) is 13.2 Å². The fraction of sp³-hybridized carbons (Fsp3) is 0.316. The monoisotopic (exact) mass is 390 g/mol. The summed E-state index contributed by atoms with van der Waals surface area (Å²) in [6.07, 6.45) is 1.55. The molecule has 0 spiro atoms. The molecule has 5 nitrogen and oxygen atoms in total. The van der Waals surface area contributed by atoms with Crippen LogP contribution in [0, 0.1) is 0 Å². The van der Waals surface area contributed by atoms with Gasteiger partial charge in [0.1, 0.15) is 0 Å². The van der Waals surface area contributed by atoms with E-state index in [1.54, 1.807) is 34.9 Å². The largest absolute Gasteiger partial charge is 0.311 e. The van der Waals surface area contributed by atoms with E-state index in [1.807, 2.05) is 30.3 Å². The van der Waals surface area contributed by atoms with Gasteiger partial charge in [0.25, 0.3) is 0 Å². The Labute approximate surface area is 158 Å². The molecule has 0 bridgehead atoms. The number of amides is 1. The highest BCUT2D eigenvalue weighted by molar-refractivity contribution is 7.99. The molecule has 0 radical (unpaired) electrons. The molecule has 0 aliphatic carbocycles. The van der Waals surface area contributed by atoms with Crippen molar-refractivity contribution in [1.82, 2.24) is 4.72 Å². The van der Waals surface area contributed by atoms with Crippen LogP contribution in [0.5, 0.6) is 0 Å². The lowest BCUT2D eigenvalue weighted by Gasteiger charge is -2.28. The summed E-state index contributed by atoms with van der Waals surface area (Å²) < 4.78 is 27.8. The summed E-state index contributed by atoms with van der Waals surface area (Å²) in [7, 11) is -3.59. The second-order valence-electron chi connectivity index (χ2n) is 6.14. The Balaban J connectivity index is 1.67. The number of aryl methyl sites for hydroxylation is 1. The maximum atomic E-state index is 12.6. The van der Waals surface area contributed by atoms with Gasteiger partial charge in [-0.3, -0.25) is 4.79 Å². The van der Waals surface area contributed by atoms with Gasteiger partial charge in [-0.15, -0.1) is 11.8 Å². The zero-order chi connectivity index (χ0) is 18.6. The molecule has 0 saturated heterocycles. The highest BCUT2D eigenvalue weighted by atomic mass is 32.2. The smallest absolute Gasteiger partial charge is 0.240 e. The van der Waals surface area contributed by atoms with Crippen LogP contribution >= 0.6 is 11.8 Å². The van der Waals surface area contributed by atoms with E-state index < -0.39 is 10.0 Å². The lowest BCUT2D eigenvalue weighted by molar-refractivity contribution is -0.116. The van der Waals surface area contributed by atoms with E-state index >= 15 is 0 Å². The SMILES string of the molecule is CC(=O)N1CCSc2ccc(S(=O)(=O)NCCCc3ccccc3)cc21. The molecule has 0 aromatic heterocycles. The van der Waals surface area contributed by atoms with Crippen LogP contribution in [0.25, 0.3) is 0 Å². The fourth-order valence-corrected chi connectivity index (χ4v) is 4.99. The van der Waals surface area contributed by atoms with Gasteiger partial charge in [0, 0.05) is 30.7 Å². The molecule has 1 amide bonds. The molecule has 2 aromatic carbocycles. The van der Waals surface area contributed by atoms with Crippen molar-refractivity contribution in [3.63, 3.8) is 0 Å². The maximum absolute atomic E-state index is 12.6. The van der Waals surface area contributed by atoms with Crippen molar-refractivity contribution in [1.29, 1.82) is 0 Å².